The van der Waals surface area contributed by atoms with Gasteiger partial charge in [0.15, 0.2) is 0 Å². The number of rotatable bonds is 6. The van der Waals surface area contributed by atoms with E-state index in [0.29, 0.717) is 25.3 Å². The fourth-order valence-corrected chi connectivity index (χ4v) is 3.13. The zero-order chi connectivity index (χ0) is 19.3. The molecule has 0 radical (unpaired) electrons. The molecule has 0 atom stereocenters. The number of amides is 2. The van der Waals surface area contributed by atoms with E-state index in [1.165, 1.54) is 0 Å². The summed E-state index contributed by atoms with van der Waals surface area (Å²) in [5.74, 6) is 0.114. The summed E-state index contributed by atoms with van der Waals surface area (Å²) in [6.45, 7) is 3.39. The van der Waals surface area contributed by atoms with Gasteiger partial charge in [0.1, 0.15) is 0 Å². The third kappa shape index (κ3) is 4.67. The summed E-state index contributed by atoms with van der Waals surface area (Å²) >= 11 is 0. The van der Waals surface area contributed by atoms with Gasteiger partial charge in [-0.1, -0.05) is 12.1 Å². The first kappa shape index (κ1) is 18.4. The molecule has 4 rings (SSSR count). The van der Waals surface area contributed by atoms with E-state index in [-0.39, 0.29) is 17.7 Å². The lowest BCUT2D eigenvalue weighted by Crippen LogP contribution is -2.36. The highest BCUT2D eigenvalue weighted by molar-refractivity contribution is 5.95. The Balaban J connectivity index is 1.31. The van der Waals surface area contributed by atoms with E-state index < -0.39 is 0 Å². The van der Waals surface area contributed by atoms with Crippen molar-refractivity contribution < 1.29 is 14.3 Å². The molecule has 2 amide bonds. The van der Waals surface area contributed by atoms with Crippen LogP contribution in [0, 0.1) is 5.92 Å². The van der Waals surface area contributed by atoms with Gasteiger partial charge in [0.25, 0.3) is 5.91 Å². The number of anilines is 2. The summed E-state index contributed by atoms with van der Waals surface area (Å²) in [6.07, 6.45) is 5.32. The van der Waals surface area contributed by atoms with Gasteiger partial charge in [-0.25, -0.2) is 0 Å². The molecule has 0 unspecified atom stereocenters. The van der Waals surface area contributed by atoms with Crippen LogP contribution in [0.4, 0.5) is 11.4 Å². The normalized spacial score (nSPS) is 16.5. The van der Waals surface area contributed by atoms with Gasteiger partial charge in [-0.2, -0.15) is 0 Å². The predicted octanol–water partition coefficient (Wildman–Crippen LogP) is 2.20. The summed E-state index contributed by atoms with van der Waals surface area (Å²) in [5.41, 5.74) is 3.23. The first-order chi connectivity index (χ1) is 13.7. The summed E-state index contributed by atoms with van der Waals surface area (Å²) in [7, 11) is 0. The Morgan fingerprint density at radius 1 is 1.11 bits per heavy atom. The lowest BCUT2D eigenvalue weighted by Gasteiger charge is -2.28. The number of hydrogen-bond acceptors (Lipinski definition) is 5. The number of nitrogens with zero attached hydrogens (tertiary/aromatic N) is 2. The Morgan fingerprint density at radius 3 is 2.57 bits per heavy atom. The lowest BCUT2D eigenvalue weighted by atomic mass is 10.2. The van der Waals surface area contributed by atoms with Crippen LogP contribution in [0.1, 0.15) is 28.8 Å². The monoisotopic (exact) mass is 380 g/mol. The molecule has 146 valence electrons. The SMILES string of the molecule is O=C(NCc1ccc(NC(=O)C2CC2)cc1)c1cncc(N2CCOCC2)c1. The molecular formula is C21H24N4O3. The smallest absolute Gasteiger partial charge is 0.253 e. The van der Waals surface area contributed by atoms with Crippen molar-refractivity contribution in [2.24, 2.45) is 5.92 Å². The maximum absolute atomic E-state index is 12.5. The third-order valence-electron chi connectivity index (χ3n) is 4.98. The van der Waals surface area contributed by atoms with Crippen LogP contribution in [0.2, 0.25) is 0 Å². The summed E-state index contributed by atoms with van der Waals surface area (Å²) in [6, 6.07) is 9.41. The molecule has 7 heteroatoms. The van der Waals surface area contributed by atoms with Crippen LogP contribution >= 0.6 is 0 Å². The van der Waals surface area contributed by atoms with Gasteiger partial charge in [-0.15, -0.1) is 0 Å². The number of benzene rings is 1. The van der Waals surface area contributed by atoms with Gasteiger partial charge < -0.3 is 20.3 Å². The van der Waals surface area contributed by atoms with E-state index >= 15 is 0 Å². The van der Waals surface area contributed by atoms with Crippen LogP contribution in [-0.2, 0) is 16.1 Å². The zero-order valence-electron chi connectivity index (χ0n) is 15.7. The van der Waals surface area contributed by atoms with Crippen molar-refractivity contribution in [3.05, 3.63) is 53.9 Å². The topological polar surface area (TPSA) is 83.6 Å². The first-order valence-electron chi connectivity index (χ1n) is 9.65. The molecule has 28 heavy (non-hydrogen) atoms. The summed E-state index contributed by atoms with van der Waals surface area (Å²) in [5, 5.41) is 5.84. The third-order valence-corrected chi connectivity index (χ3v) is 4.98. The minimum Gasteiger partial charge on any atom is -0.378 e. The minimum absolute atomic E-state index is 0.0914. The molecule has 7 nitrogen and oxygen atoms in total. The summed E-state index contributed by atoms with van der Waals surface area (Å²) in [4.78, 5) is 30.7. The second-order valence-electron chi connectivity index (χ2n) is 7.17. The van der Waals surface area contributed by atoms with Crippen molar-refractivity contribution in [3.63, 3.8) is 0 Å². The Kier molecular flexibility index (Phi) is 5.53. The van der Waals surface area contributed by atoms with Crippen LogP contribution in [0.25, 0.3) is 0 Å². The zero-order valence-corrected chi connectivity index (χ0v) is 15.7. The molecule has 1 aliphatic heterocycles. The quantitative estimate of drug-likeness (QED) is 0.803. The van der Waals surface area contributed by atoms with Crippen molar-refractivity contribution in [2.45, 2.75) is 19.4 Å². The Bertz CT molecular complexity index is 843. The number of ether oxygens (including phenoxy) is 1. The maximum Gasteiger partial charge on any atom is 0.253 e. The Labute approximate surface area is 164 Å². The van der Waals surface area contributed by atoms with Crippen LogP contribution in [0.15, 0.2) is 42.7 Å². The van der Waals surface area contributed by atoms with Crippen LogP contribution in [0.3, 0.4) is 0 Å². The van der Waals surface area contributed by atoms with E-state index in [2.05, 4.69) is 20.5 Å². The van der Waals surface area contributed by atoms with E-state index in [9.17, 15) is 9.59 Å². The average Bonchev–Trinajstić information content (AvgIpc) is 3.59. The molecule has 2 fully saturated rings. The molecule has 2 aliphatic rings. The molecule has 1 saturated carbocycles. The molecule has 2 N–H and O–H groups in total. The first-order valence-corrected chi connectivity index (χ1v) is 9.65. The highest BCUT2D eigenvalue weighted by Gasteiger charge is 2.29. The molecule has 1 aliphatic carbocycles. The van der Waals surface area contributed by atoms with Crippen LogP contribution < -0.4 is 15.5 Å². The van der Waals surface area contributed by atoms with E-state index in [4.69, 9.17) is 4.74 Å². The molecule has 1 saturated heterocycles. The lowest BCUT2D eigenvalue weighted by molar-refractivity contribution is -0.117. The number of morpholine rings is 1. The van der Waals surface area contributed by atoms with Crippen LogP contribution in [-0.4, -0.2) is 43.1 Å². The number of pyridine rings is 1. The van der Waals surface area contributed by atoms with E-state index in [1.54, 1.807) is 12.4 Å². The number of carbonyl (C=O) groups is 2. The van der Waals surface area contributed by atoms with Gasteiger partial charge in [0.05, 0.1) is 30.7 Å². The molecular weight excluding hydrogens is 356 g/mol. The molecule has 2 aromatic rings. The fraction of sp³-hybridized carbons (Fsp3) is 0.381. The molecule has 1 aromatic carbocycles. The standard InChI is InChI=1S/C21H24N4O3/c26-20(17-11-19(14-22-13-17)25-7-9-28-10-8-25)23-12-15-1-5-18(6-2-15)24-21(27)16-3-4-16/h1-2,5-6,11,13-14,16H,3-4,7-10,12H2,(H,23,26)(H,24,27). The van der Waals surface area contributed by atoms with Crippen molar-refractivity contribution >= 4 is 23.2 Å². The van der Waals surface area contributed by atoms with Gasteiger partial charge in [-0.05, 0) is 36.6 Å². The highest BCUT2D eigenvalue weighted by Crippen LogP contribution is 2.30. The van der Waals surface area contributed by atoms with Crippen LogP contribution in [0.5, 0.6) is 0 Å². The molecule has 0 spiro atoms. The van der Waals surface area contributed by atoms with Crippen molar-refractivity contribution in [3.8, 4) is 0 Å². The van der Waals surface area contributed by atoms with E-state index in [1.807, 2.05) is 30.3 Å². The number of hydrogen-bond donors (Lipinski definition) is 2. The van der Waals surface area contributed by atoms with Crippen molar-refractivity contribution in [1.82, 2.24) is 10.3 Å². The van der Waals surface area contributed by atoms with Gasteiger partial charge in [-0.3, -0.25) is 14.6 Å². The number of carbonyl (C=O) groups excluding carboxylic acids is 2. The molecule has 2 heterocycles. The maximum atomic E-state index is 12.5. The average molecular weight is 380 g/mol. The second kappa shape index (κ2) is 8.39. The van der Waals surface area contributed by atoms with Gasteiger partial charge in [0.2, 0.25) is 5.91 Å². The largest absolute Gasteiger partial charge is 0.378 e. The van der Waals surface area contributed by atoms with E-state index in [0.717, 1.165) is 42.9 Å². The number of nitrogens with one attached hydrogen (secondary N) is 2. The Hall–Kier alpha value is -2.93. The highest BCUT2D eigenvalue weighted by atomic mass is 16.5. The molecule has 0 bridgehead atoms. The minimum atomic E-state index is -0.159. The molecule has 1 aromatic heterocycles. The van der Waals surface area contributed by atoms with Gasteiger partial charge >= 0.3 is 0 Å². The van der Waals surface area contributed by atoms with Gasteiger partial charge in [0, 0.05) is 37.4 Å². The Morgan fingerprint density at radius 2 is 1.86 bits per heavy atom. The predicted molar refractivity (Wildman–Crippen MR) is 106 cm³/mol. The second-order valence-corrected chi connectivity index (χ2v) is 7.17. The fourth-order valence-electron chi connectivity index (χ4n) is 3.13. The van der Waals surface area contributed by atoms with Crippen molar-refractivity contribution in [1.29, 1.82) is 0 Å². The van der Waals surface area contributed by atoms with Crippen molar-refractivity contribution in [2.75, 3.05) is 36.5 Å². The number of aromatic nitrogens is 1. The summed E-state index contributed by atoms with van der Waals surface area (Å²) < 4.78 is 5.37.